The third-order valence-corrected chi connectivity index (χ3v) is 10.8. The zero-order valence-corrected chi connectivity index (χ0v) is 31.9. The Morgan fingerprint density at radius 2 is 1.62 bits per heavy atom. The SMILES string of the molecule is Cc1ccc2c(S(=O)(=O)O)c(N=Nc3c(C)cc4cc(S(=O)(=O)O)cc(Nc5nc(F)nc(N(C)CCS(=O)OCCOS(=O)(=O)O)n5)c4c3O)ccc2c1. The molecule has 0 saturated heterocycles. The Balaban J connectivity index is 1.51. The van der Waals surface area contributed by atoms with Gasteiger partial charge in [0.15, 0.2) is 16.8 Å². The average Bonchev–Trinajstić information content (AvgIpc) is 3.06. The quantitative estimate of drug-likeness (QED) is 0.0559. The highest BCUT2D eigenvalue weighted by Gasteiger charge is 2.23. The molecule has 1 aromatic heterocycles. The van der Waals surface area contributed by atoms with Gasteiger partial charge >= 0.3 is 16.5 Å². The van der Waals surface area contributed by atoms with E-state index in [2.05, 4.69) is 34.7 Å². The number of phenols is 1. The molecule has 1 unspecified atom stereocenters. The first-order valence-corrected chi connectivity index (χ1v) is 20.8. The second-order valence-electron chi connectivity index (χ2n) is 11.6. The summed E-state index contributed by atoms with van der Waals surface area (Å²) >= 11 is -1.99. The Morgan fingerprint density at radius 1 is 0.891 bits per heavy atom. The molecule has 0 aliphatic rings. The van der Waals surface area contributed by atoms with Gasteiger partial charge in [-0.2, -0.15) is 44.6 Å². The molecule has 1 heterocycles. The van der Waals surface area contributed by atoms with E-state index in [4.69, 9.17) is 8.74 Å². The Morgan fingerprint density at radius 3 is 2.29 bits per heavy atom. The molecule has 0 bridgehead atoms. The summed E-state index contributed by atoms with van der Waals surface area (Å²) in [4.78, 5) is 11.3. The van der Waals surface area contributed by atoms with Crippen LogP contribution in [0.15, 0.2) is 68.6 Å². The van der Waals surface area contributed by atoms with Crippen molar-refractivity contribution in [3.8, 4) is 5.75 Å². The van der Waals surface area contributed by atoms with E-state index in [9.17, 15) is 48.1 Å². The first kappa shape index (κ1) is 41.3. The van der Waals surface area contributed by atoms with Gasteiger partial charge in [0.2, 0.25) is 11.9 Å². The van der Waals surface area contributed by atoms with Crippen LogP contribution < -0.4 is 10.2 Å². The summed E-state index contributed by atoms with van der Waals surface area (Å²) in [5, 5.41) is 22.8. The summed E-state index contributed by atoms with van der Waals surface area (Å²) in [6.07, 6.45) is -1.32. The van der Waals surface area contributed by atoms with Crippen LogP contribution in [0, 0.1) is 19.9 Å². The number of halogens is 1. The fourth-order valence-electron chi connectivity index (χ4n) is 5.18. The van der Waals surface area contributed by atoms with Gasteiger partial charge in [-0.05, 0) is 54.4 Å². The van der Waals surface area contributed by atoms with Crippen molar-refractivity contribution < 1.29 is 61.0 Å². The number of phenolic OH excluding ortho intramolecular Hbond substituents is 1. The zero-order chi connectivity index (χ0) is 40.5. The molecule has 0 fully saturated rings. The molecule has 1 atom stereocenters. The molecule has 55 heavy (non-hydrogen) atoms. The van der Waals surface area contributed by atoms with Crippen molar-refractivity contribution in [2.45, 2.75) is 23.6 Å². The lowest BCUT2D eigenvalue weighted by atomic mass is 10.0. The Labute approximate surface area is 315 Å². The van der Waals surface area contributed by atoms with E-state index >= 15 is 0 Å². The molecule has 0 saturated carbocycles. The number of fused-ring (bicyclic) bond motifs is 2. The molecule has 0 radical (unpaired) electrons. The van der Waals surface area contributed by atoms with Gasteiger partial charge in [-0.25, -0.2) is 8.39 Å². The lowest BCUT2D eigenvalue weighted by Crippen LogP contribution is -2.27. The number of aromatic nitrogens is 3. The minimum absolute atomic E-state index is 0.0302. The summed E-state index contributed by atoms with van der Waals surface area (Å²) < 4.78 is 135. The second-order valence-corrected chi connectivity index (χ2v) is 16.7. The van der Waals surface area contributed by atoms with Crippen LogP contribution in [0.1, 0.15) is 11.1 Å². The molecule has 4 aromatic carbocycles. The fraction of sp³-hybridized carbons (Fsp3) is 0.233. The molecule has 0 amide bonds. The molecule has 25 heteroatoms. The molecule has 0 spiro atoms. The van der Waals surface area contributed by atoms with E-state index in [1.165, 1.54) is 37.1 Å². The minimum atomic E-state index is -4.86. The van der Waals surface area contributed by atoms with E-state index in [0.29, 0.717) is 5.39 Å². The Kier molecular flexibility index (Phi) is 12.1. The minimum Gasteiger partial charge on any atom is -0.505 e. The molecular weight excluding hydrogens is 814 g/mol. The van der Waals surface area contributed by atoms with Gasteiger partial charge in [0, 0.05) is 24.4 Å². The highest BCUT2D eigenvalue weighted by molar-refractivity contribution is 7.86. The van der Waals surface area contributed by atoms with Gasteiger partial charge < -0.3 is 15.3 Å². The van der Waals surface area contributed by atoms with Crippen LogP contribution in [0.5, 0.6) is 5.75 Å². The number of aromatic hydroxyl groups is 1. The molecule has 294 valence electrons. The van der Waals surface area contributed by atoms with E-state index in [1.807, 2.05) is 0 Å². The van der Waals surface area contributed by atoms with Crippen LogP contribution in [0.2, 0.25) is 0 Å². The number of hydrogen-bond acceptors (Lipinski definition) is 17. The average molecular weight is 844 g/mol. The molecule has 0 aliphatic heterocycles. The highest BCUT2D eigenvalue weighted by atomic mass is 32.3. The summed E-state index contributed by atoms with van der Waals surface area (Å²) in [7, 11) is -13.0. The standard InChI is InChI=1S/C30H30FN7O13S4/c1-16-4-6-21-18(12-16)5-7-22(27(21)54(44,45)46)36-37-25-17(2)13-19-14-20(53(41,42)43)15-23(24(19)26(25)39)32-29-33-28(31)34-30(35-29)38(3)8-11-52(40)50-9-10-51-55(47,48)49/h4-7,12-15,39H,8-11H2,1-3H3,(H,41,42,43)(H,44,45,46)(H,47,48,49)(H,32,33,34,35). The lowest BCUT2D eigenvalue weighted by Gasteiger charge is -2.18. The number of hydrogen-bond donors (Lipinski definition) is 5. The fourth-order valence-corrected chi connectivity index (χ4v) is 7.63. The molecule has 0 aliphatic carbocycles. The Bertz CT molecular complexity index is 2720. The van der Waals surface area contributed by atoms with Crippen molar-refractivity contribution in [3.05, 3.63) is 65.7 Å². The van der Waals surface area contributed by atoms with Gasteiger partial charge in [-0.1, -0.05) is 29.8 Å². The van der Waals surface area contributed by atoms with Crippen molar-refractivity contribution in [2.24, 2.45) is 10.2 Å². The van der Waals surface area contributed by atoms with Gasteiger partial charge in [-0.3, -0.25) is 17.8 Å². The number of nitrogens with zero attached hydrogens (tertiary/aromatic N) is 6. The van der Waals surface area contributed by atoms with Gasteiger partial charge in [0.25, 0.3) is 20.2 Å². The molecular formula is C30H30FN7O13S4. The smallest absolute Gasteiger partial charge is 0.397 e. The largest absolute Gasteiger partial charge is 0.505 e. The van der Waals surface area contributed by atoms with Crippen LogP contribution >= 0.6 is 0 Å². The molecule has 20 nitrogen and oxygen atoms in total. The predicted molar refractivity (Wildman–Crippen MR) is 196 cm³/mol. The van der Waals surface area contributed by atoms with Crippen LogP contribution in [-0.2, 0) is 50.1 Å². The summed E-state index contributed by atoms with van der Waals surface area (Å²) in [6, 6.07) is 11.0. The van der Waals surface area contributed by atoms with Crippen LogP contribution in [0.25, 0.3) is 21.5 Å². The zero-order valence-electron chi connectivity index (χ0n) is 28.6. The van der Waals surface area contributed by atoms with Crippen LogP contribution in [0.4, 0.5) is 33.3 Å². The van der Waals surface area contributed by atoms with Crippen molar-refractivity contribution in [3.63, 3.8) is 0 Å². The van der Waals surface area contributed by atoms with E-state index in [1.54, 1.807) is 25.1 Å². The number of aryl methyl sites for hydroxylation is 2. The van der Waals surface area contributed by atoms with Crippen LogP contribution in [-0.4, -0.2) is 95.7 Å². The maximum absolute atomic E-state index is 14.7. The molecule has 5 N–H and O–H groups in total. The summed E-state index contributed by atoms with van der Waals surface area (Å²) in [6.45, 7) is 2.10. The number of benzene rings is 4. The predicted octanol–water partition coefficient (Wildman–Crippen LogP) is 4.23. The van der Waals surface area contributed by atoms with Crippen molar-refractivity contribution in [1.82, 2.24) is 15.0 Å². The van der Waals surface area contributed by atoms with Crippen molar-refractivity contribution in [1.29, 1.82) is 0 Å². The molecule has 5 aromatic rings. The van der Waals surface area contributed by atoms with Crippen molar-refractivity contribution >= 4 is 92.2 Å². The monoisotopic (exact) mass is 843 g/mol. The number of azo groups is 1. The molecule has 5 rings (SSSR count). The van der Waals surface area contributed by atoms with Gasteiger partial charge in [0.05, 0.1) is 29.5 Å². The number of nitrogens with one attached hydrogen (secondary N) is 1. The normalized spacial score (nSPS) is 13.1. The van der Waals surface area contributed by atoms with Crippen LogP contribution in [0.3, 0.4) is 0 Å². The van der Waals surface area contributed by atoms with Gasteiger partial charge in [0.1, 0.15) is 16.3 Å². The third-order valence-electron chi connectivity index (χ3n) is 7.58. The van der Waals surface area contributed by atoms with E-state index in [-0.39, 0.29) is 57.0 Å². The first-order valence-electron chi connectivity index (χ1n) is 15.3. The second kappa shape index (κ2) is 16.1. The maximum Gasteiger partial charge on any atom is 0.397 e. The Hall–Kier alpha value is -4.86. The van der Waals surface area contributed by atoms with E-state index in [0.717, 1.165) is 17.7 Å². The lowest BCUT2D eigenvalue weighted by molar-refractivity contribution is 0.212. The maximum atomic E-state index is 14.7. The third kappa shape index (κ3) is 10.3. The summed E-state index contributed by atoms with van der Waals surface area (Å²) in [5.41, 5.74) is 0.271. The van der Waals surface area contributed by atoms with Crippen molar-refractivity contribution in [2.75, 3.05) is 42.8 Å². The first-order chi connectivity index (χ1) is 25.6. The number of rotatable bonds is 15. The topological polar surface area (TPSA) is 298 Å². The van der Waals surface area contributed by atoms with E-state index < -0.39 is 82.5 Å². The summed E-state index contributed by atoms with van der Waals surface area (Å²) in [5.74, 6) is -1.67. The highest BCUT2D eigenvalue weighted by Crippen LogP contribution is 2.44. The number of anilines is 3. The van der Waals surface area contributed by atoms with Gasteiger partial charge in [-0.15, -0.1) is 10.2 Å².